The van der Waals surface area contributed by atoms with E-state index in [1.165, 1.54) is 70.8 Å². The molecule has 106 valence electrons. The second kappa shape index (κ2) is 7.53. The Bertz CT molecular complexity index is 218. The summed E-state index contributed by atoms with van der Waals surface area (Å²) in [6, 6.07) is 0.841. The van der Waals surface area contributed by atoms with Gasteiger partial charge in [0.15, 0.2) is 0 Å². The lowest BCUT2D eigenvalue weighted by molar-refractivity contribution is 0.250. The molecule has 2 aliphatic carbocycles. The van der Waals surface area contributed by atoms with E-state index in [0.29, 0.717) is 0 Å². The SMILES string of the molecule is CCC1CCC(NCCC2CCCC(C)C2)CC1. The van der Waals surface area contributed by atoms with Gasteiger partial charge in [-0.15, -0.1) is 0 Å². The third-order valence-corrected chi connectivity index (χ3v) is 5.45. The second-order valence-corrected chi connectivity index (χ2v) is 7.01. The van der Waals surface area contributed by atoms with Crippen LogP contribution in [0.5, 0.6) is 0 Å². The van der Waals surface area contributed by atoms with Gasteiger partial charge in [-0.25, -0.2) is 0 Å². The van der Waals surface area contributed by atoms with Crippen LogP contribution in [-0.2, 0) is 0 Å². The average molecular weight is 251 g/mol. The molecule has 0 aliphatic heterocycles. The molecule has 2 rings (SSSR count). The van der Waals surface area contributed by atoms with Crippen LogP contribution in [0.1, 0.15) is 78.1 Å². The molecule has 2 saturated carbocycles. The summed E-state index contributed by atoms with van der Waals surface area (Å²) in [6.07, 6.45) is 14.6. The van der Waals surface area contributed by atoms with Gasteiger partial charge in [0.05, 0.1) is 0 Å². The molecular weight excluding hydrogens is 218 g/mol. The third kappa shape index (κ3) is 4.57. The summed E-state index contributed by atoms with van der Waals surface area (Å²) in [5, 5.41) is 3.83. The van der Waals surface area contributed by atoms with Crippen LogP contribution in [0.15, 0.2) is 0 Å². The molecule has 1 nitrogen and oxygen atoms in total. The summed E-state index contributed by atoms with van der Waals surface area (Å²) in [6.45, 7) is 6.06. The van der Waals surface area contributed by atoms with Crippen molar-refractivity contribution in [1.82, 2.24) is 5.32 Å². The third-order valence-electron chi connectivity index (χ3n) is 5.45. The Morgan fingerprint density at radius 3 is 2.39 bits per heavy atom. The minimum absolute atomic E-state index is 0.841. The Morgan fingerprint density at radius 2 is 1.72 bits per heavy atom. The van der Waals surface area contributed by atoms with Crippen molar-refractivity contribution in [1.29, 1.82) is 0 Å². The van der Waals surface area contributed by atoms with E-state index in [9.17, 15) is 0 Å². The Balaban J connectivity index is 1.55. The van der Waals surface area contributed by atoms with E-state index in [1.54, 1.807) is 0 Å². The fraction of sp³-hybridized carbons (Fsp3) is 1.00. The van der Waals surface area contributed by atoms with Gasteiger partial charge < -0.3 is 5.32 Å². The highest BCUT2D eigenvalue weighted by Crippen LogP contribution is 2.31. The molecule has 2 aliphatic rings. The van der Waals surface area contributed by atoms with Gasteiger partial charge in [0.2, 0.25) is 0 Å². The van der Waals surface area contributed by atoms with Gasteiger partial charge in [0.25, 0.3) is 0 Å². The molecule has 2 fully saturated rings. The maximum atomic E-state index is 3.83. The summed E-state index contributed by atoms with van der Waals surface area (Å²) < 4.78 is 0. The first-order chi connectivity index (χ1) is 8.78. The molecule has 0 spiro atoms. The number of hydrogen-bond acceptors (Lipinski definition) is 1. The molecule has 2 atom stereocenters. The Morgan fingerprint density at radius 1 is 0.944 bits per heavy atom. The lowest BCUT2D eigenvalue weighted by Crippen LogP contribution is -2.34. The molecular formula is C17H33N. The highest BCUT2D eigenvalue weighted by molar-refractivity contribution is 4.77. The van der Waals surface area contributed by atoms with Gasteiger partial charge in [-0.2, -0.15) is 0 Å². The molecule has 0 bridgehead atoms. The minimum Gasteiger partial charge on any atom is -0.314 e. The normalized spacial score (nSPS) is 37.7. The Labute approximate surface area is 114 Å². The zero-order valence-corrected chi connectivity index (χ0v) is 12.6. The van der Waals surface area contributed by atoms with Crippen molar-refractivity contribution in [3.63, 3.8) is 0 Å². The molecule has 0 radical (unpaired) electrons. The molecule has 1 N–H and O–H groups in total. The van der Waals surface area contributed by atoms with Crippen LogP contribution in [-0.4, -0.2) is 12.6 Å². The molecule has 0 saturated heterocycles. The smallest absolute Gasteiger partial charge is 0.00672 e. The fourth-order valence-electron chi connectivity index (χ4n) is 4.09. The van der Waals surface area contributed by atoms with E-state index in [-0.39, 0.29) is 0 Å². The van der Waals surface area contributed by atoms with Gasteiger partial charge >= 0.3 is 0 Å². The highest BCUT2D eigenvalue weighted by Gasteiger charge is 2.21. The molecule has 0 heterocycles. The standard InChI is InChI=1S/C17H33N/c1-3-15-7-9-17(10-8-15)18-12-11-16-6-4-5-14(2)13-16/h14-18H,3-13H2,1-2H3. The number of nitrogens with one attached hydrogen (secondary N) is 1. The lowest BCUT2D eigenvalue weighted by atomic mass is 9.80. The van der Waals surface area contributed by atoms with E-state index < -0.39 is 0 Å². The second-order valence-electron chi connectivity index (χ2n) is 7.01. The largest absolute Gasteiger partial charge is 0.314 e. The van der Waals surface area contributed by atoms with Crippen LogP contribution in [0, 0.1) is 17.8 Å². The van der Waals surface area contributed by atoms with Gasteiger partial charge in [-0.05, 0) is 62.8 Å². The first-order valence-corrected chi connectivity index (χ1v) is 8.51. The van der Waals surface area contributed by atoms with Crippen LogP contribution in [0.4, 0.5) is 0 Å². The average Bonchev–Trinajstić information content (AvgIpc) is 2.40. The van der Waals surface area contributed by atoms with Gasteiger partial charge in [0.1, 0.15) is 0 Å². The van der Waals surface area contributed by atoms with Crippen molar-refractivity contribution in [2.45, 2.75) is 84.1 Å². The van der Waals surface area contributed by atoms with Crippen molar-refractivity contribution in [3.05, 3.63) is 0 Å². The lowest BCUT2D eigenvalue weighted by Gasteiger charge is -2.30. The molecule has 0 amide bonds. The van der Waals surface area contributed by atoms with Crippen LogP contribution in [0.3, 0.4) is 0 Å². The molecule has 0 aromatic rings. The molecule has 0 aromatic heterocycles. The van der Waals surface area contributed by atoms with E-state index in [4.69, 9.17) is 0 Å². The zero-order chi connectivity index (χ0) is 12.8. The minimum atomic E-state index is 0.841. The summed E-state index contributed by atoms with van der Waals surface area (Å²) in [4.78, 5) is 0. The number of hydrogen-bond donors (Lipinski definition) is 1. The predicted octanol–water partition coefficient (Wildman–Crippen LogP) is 4.76. The Hall–Kier alpha value is -0.0400. The van der Waals surface area contributed by atoms with Gasteiger partial charge in [-0.1, -0.05) is 39.5 Å². The van der Waals surface area contributed by atoms with E-state index in [2.05, 4.69) is 19.2 Å². The van der Waals surface area contributed by atoms with E-state index >= 15 is 0 Å². The molecule has 0 aromatic carbocycles. The summed E-state index contributed by atoms with van der Waals surface area (Å²) in [5.74, 6) is 3.04. The van der Waals surface area contributed by atoms with Crippen LogP contribution in [0.2, 0.25) is 0 Å². The monoisotopic (exact) mass is 251 g/mol. The summed E-state index contributed by atoms with van der Waals surface area (Å²) in [7, 11) is 0. The maximum Gasteiger partial charge on any atom is 0.00672 e. The highest BCUT2D eigenvalue weighted by atomic mass is 14.9. The summed E-state index contributed by atoms with van der Waals surface area (Å²) in [5.41, 5.74) is 0. The van der Waals surface area contributed by atoms with E-state index in [0.717, 1.165) is 23.8 Å². The van der Waals surface area contributed by atoms with E-state index in [1.807, 2.05) is 0 Å². The van der Waals surface area contributed by atoms with Crippen molar-refractivity contribution in [3.8, 4) is 0 Å². The zero-order valence-electron chi connectivity index (χ0n) is 12.6. The van der Waals surface area contributed by atoms with Crippen LogP contribution < -0.4 is 5.32 Å². The number of rotatable bonds is 5. The van der Waals surface area contributed by atoms with Crippen molar-refractivity contribution >= 4 is 0 Å². The molecule has 1 heteroatoms. The van der Waals surface area contributed by atoms with Crippen molar-refractivity contribution in [2.24, 2.45) is 17.8 Å². The first-order valence-electron chi connectivity index (χ1n) is 8.51. The van der Waals surface area contributed by atoms with Crippen molar-refractivity contribution in [2.75, 3.05) is 6.54 Å². The quantitative estimate of drug-likeness (QED) is 0.743. The predicted molar refractivity (Wildman–Crippen MR) is 79.8 cm³/mol. The molecule has 18 heavy (non-hydrogen) atoms. The maximum absolute atomic E-state index is 3.83. The van der Waals surface area contributed by atoms with Gasteiger partial charge in [0, 0.05) is 6.04 Å². The Kier molecular flexibility index (Phi) is 6.01. The molecule has 2 unspecified atom stereocenters. The van der Waals surface area contributed by atoms with Crippen molar-refractivity contribution < 1.29 is 0 Å². The first kappa shape index (κ1) is 14.4. The van der Waals surface area contributed by atoms with Crippen LogP contribution in [0.25, 0.3) is 0 Å². The fourth-order valence-corrected chi connectivity index (χ4v) is 4.09. The topological polar surface area (TPSA) is 12.0 Å². The summed E-state index contributed by atoms with van der Waals surface area (Å²) >= 11 is 0. The van der Waals surface area contributed by atoms with Crippen LogP contribution >= 0.6 is 0 Å². The van der Waals surface area contributed by atoms with Gasteiger partial charge in [-0.3, -0.25) is 0 Å².